The van der Waals surface area contributed by atoms with Crippen LogP contribution in [0.25, 0.3) is 0 Å². The number of hydrogen-bond acceptors (Lipinski definition) is 3. The SMILES string of the molecule is O=C(OC1CN1C(=O)C(Br)(Br)Br)C(Br)(Br)Br. The first-order chi connectivity index (χ1) is 7.03. The molecule has 92 valence electrons. The normalized spacial score (nSPS) is 20.6. The number of halogens is 6. The van der Waals surface area contributed by atoms with Crippen molar-refractivity contribution in [1.29, 1.82) is 0 Å². The van der Waals surface area contributed by atoms with Crippen molar-refractivity contribution in [1.82, 2.24) is 4.90 Å². The molecule has 1 fully saturated rings. The summed E-state index contributed by atoms with van der Waals surface area (Å²) in [6.45, 7) is 0.373. The number of alkyl halides is 6. The van der Waals surface area contributed by atoms with Crippen molar-refractivity contribution in [2.75, 3.05) is 6.54 Å². The minimum absolute atomic E-state index is 0.269. The Morgan fingerprint density at radius 3 is 1.94 bits per heavy atom. The fourth-order valence-corrected chi connectivity index (χ4v) is 1.75. The van der Waals surface area contributed by atoms with Crippen LogP contribution in [0.1, 0.15) is 0 Å². The highest BCUT2D eigenvalue weighted by Crippen LogP contribution is 2.40. The molecular formula is C6H3Br6NO3. The zero-order chi connectivity index (χ0) is 12.7. The van der Waals surface area contributed by atoms with Gasteiger partial charge in [-0.1, -0.05) is 0 Å². The van der Waals surface area contributed by atoms with Crippen molar-refractivity contribution >= 4 is 107 Å². The number of esters is 1. The Morgan fingerprint density at radius 1 is 1.06 bits per heavy atom. The number of carbonyl (C=O) groups is 2. The first kappa shape index (κ1) is 15.9. The first-order valence-corrected chi connectivity index (χ1v) is 8.45. The van der Waals surface area contributed by atoms with Gasteiger partial charge in [-0.25, -0.2) is 4.79 Å². The number of nitrogens with zero attached hydrogens (tertiary/aromatic N) is 1. The lowest BCUT2D eigenvalue weighted by Gasteiger charge is -2.14. The molecule has 0 spiro atoms. The van der Waals surface area contributed by atoms with Crippen molar-refractivity contribution in [3.63, 3.8) is 0 Å². The van der Waals surface area contributed by atoms with Crippen LogP contribution in [-0.2, 0) is 14.3 Å². The van der Waals surface area contributed by atoms with Gasteiger partial charge in [0.05, 0.1) is 6.54 Å². The summed E-state index contributed by atoms with van der Waals surface area (Å²) in [4.78, 5) is 24.4. The lowest BCUT2D eigenvalue weighted by molar-refractivity contribution is -0.145. The highest BCUT2D eigenvalue weighted by Gasteiger charge is 2.49. The summed E-state index contributed by atoms with van der Waals surface area (Å²) in [5.74, 6) is -0.827. The number of amides is 1. The van der Waals surface area contributed by atoms with Crippen LogP contribution in [0.2, 0.25) is 0 Å². The Hall–Kier alpha value is 1.82. The van der Waals surface area contributed by atoms with Crippen LogP contribution in [0.4, 0.5) is 0 Å². The van der Waals surface area contributed by atoms with Crippen molar-refractivity contribution in [2.24, 2.45) is 0 Å². The molecule has 1 unspecified atom stereocenters. The fourth-order valence-electron chi connectivity index (χ4n) is 0.789. The van der Waals surface area contributed by atoms with E-state index in [2.05, 4.69) is 95.6 Å². The van der Waals surface area contributed by atoms with E-state index in [0.29, 0.717) is 6.54 Å². The molecule has 16 heavy (non-hydrogen) atoms. The van der Waals surface area contributed by atoms with Gasteiger partial charge in [0.25, 0.3) is 5.91 Å². The Kier molecular flexibility index (Phi) is 5.40. The smallest absolute Gasteiger partial charge is 0.346 e. The van der Waals surface area contributed by atoms with Crippen LogP contribution in [0, 0.1) is 0 Å². The van der Waals surface area contributed by atoms with Crippen LogP contribution >= 0.6 is 95.6 Å². The van der Waals surface area contributed by atoms with Crippen molar-refractivity contribution in [2.45, 2.75) is 10.5 Å². The van der Waals surface area contributed by atoms with E-state index in [-0.39, 0.29) is 5.91 Å². The van der Waals surface area contributed by atoms with Gasteiger partial charge in [0, 0.05) is 0 Å². The average Bonchev–Trinajstić information content (AvgIpc) is 2.79. The van der Waals surface area contributed by atoms with Gasteiger partial charge in [-0.2, -0.15) is 0 Å². The van der Waals surface area contributed by atoms with Crippen molar-refractivity contribution in [3.05, 3.63) is 0 Å². The molecule has 0 aliphatic carbocycles. The molecule has 1 heterocycles. The van der Waals surface area contributed by atoms with Crippen LogP contribution in [0.5, 0.6) is 0 Å². The number of carbonyl (C=O) groups excluding carboxylic acids is 2. The summed E-state index contributed by atoms with van der Waals surface area (Å²) in [7, 11) is 0. The molecule has 1 aliphatic heterocycles. The molecule has 0 saturated carbocycles. The highest BCUT2D eigenvalue weighted by atomic mass is 80.0. The third-order valence-corrected chi connectivity index (χ3v) is 3.53. The van der Waals surface area contributed by atoms with E-state index in [9.17, 15) is 9.59 Å². The summed E-state index contributed by atoms with van der Waals surface area (Å²) >= 11 is 18.3. The Bertz CT molecular complexity index is 321. The molecule has 0 aromatic heterocycles. The topological polar surface area (TPSA) is 46.4 Å². The molecule has 0 aromatic rings. The number of hydrogen-bond donors (Lipinski definition) is 0. The summed E-state index contributed by atoms with van der Waals surface area (Å²) < 4.78 is 2.89. The maximum Gasteiger partial charge on any atom is 0.346 e. The second kappa shape index (κ2) is 5.44. The summed E-state index contributed by atoms with van der Waals surface area (Å²) in [5, 5.41) is 0. The summed E-state index contributed by atoms with van der Waals surface area (Å²) in [6, 6.07) is 0. The van der Waals surface area contributed by atoms with Crippen LogP contribution in [-0.4, -0.2) is 33.8 Å². The molecule has 1 aliphatic rings. The van der Waals surface area contributed by atoms with E-state index in [1.54, 1.807) is 0 Å². The average molecular weight is 617 g/mol. The highest BCUT2D eigenvalue weighted by molar-refractivity contribution is 9.40. The molecule has 0 bridgehead atoms. The van der Waals surface area contributed by atoms with Gasteiger partial charge in [-0.05, 0) is 95.6 Å². The predicted octanol–water partition coefficient (Wildman–Crippen LogP) is 3.37. The van der Waals surface area contributed by atoms with Gasteiger partial charge in [-0.15, -0.1) is 0 Å². The maximum absolute atomic E-state index is 11.6. The van der Waals surface area contributed by atoms with E-state index in [1.807, 2.05) is 0 Å². The van der Waals surface area contributed by atoms with Crippen LogP contribution in [0.3, 0.4) is 0 Å². The van der Waals surface area contributed by atoms with E-state index >= 15 is 0 Å². The zero-order valence-electron chi connectivity index (χ0n) is 7.22. The number of rotatable bonds is 1. The summed E-state index contributed by atoms with van der Waals surface area (Å²) in [5.41, 5.74) is 0. The zero-order valence-corrected chi connectivity index (χ0v) is 16.7. The molecule has 1 atom stereocenters. The first-order valence-electron chi connectivity index (χ1n) is 3.69. The van der Waals surface area contributed by atoms with Gasteiger partial charge >= 0.3 is 5.97 Å². The molecule has 1 saturated heterocycles. The fraction of sp³-hybridized carbons (Fsp3) is 0.667. The quantitative estimate of drug-likeness (QED) is 0.258. The molecule has 10 heteroatoms. The van der Waals surface area contributed by atoms with Gasteiger partial charge < -0.3 is 4.74 Å². The van der Waals surface area contributed by atoms with E-state index in [1.165, 1.54) is 4.90 Å². The Morgan fingerprint density at radius 2 is 1.56 bits per heavy atom. The number of ether oxygens (including phenoxy) is 1. The molecule has 1 rings (SSSR count). The lowest BCUT2D eigenvalue weighted by Crippen LogP contribution is -2.29. The van der Waals surface area contributed by atoms with Gasteiger partial charge in [0.2, 0.25) is 4.29 Å². The molecule has 0 aromatic carbocycles. The second-order valence-electron chi connectivity index (χ2n) is 2.81. The Balaban J connectivity index is 2.48. The third-order valence-electron chi connectivity index (χ3n) is 1.54. The van der Waals surface area contributed by atoms with Crippen LogP contribution < -0.4 is 0 Å². The Labute approximate surface area is 142 Å². The molecule has 4 nitrogen and oxygen atoms in total. The lowest BCUT2D eigenvalue weighted by atomic mass is 10.7. The van der Waals surface area contributed by atoms with Gasteiger partial charge in [-0.3, -0.25) is 9.69 Å². The largest absolute Gasteiger partial charge is 0.437 e. The van der Waals surface area contributed by atoms with Gasteiger partial charge in [0.1, 0.15) is 0 Å². The monoisotopic (exact) mass is 611 g/mol. The van der Waals surface area contributed by atoms with Crippen LogP contribution in [0.15, 0.2) is 0 Å². The van der Waals surface area contributed by atoms with Crippen molar-refractivity contribution in [3.8, 4) is 0 Å². The van der Waals surface area contributed by atoms with Crippen molar-refractivity contribution < 1.29 is 14.3 Å². The predicted molar refractivity (Wildman–Crippen MR) is 80.6 cm³/mol. The standard InChI is InChI=1S/C6H3Br6NO3/c7-5(8,9)3(14)13-1-2(13)16-4(15)6(10,11)12/h2H,1H2. The summed E-state index contributed by atoms with van der Waals surface area (Å²) in [6.07, 6.45) is -0.529. The second-order valence-corrected chi connectivity index (χ2v) is 16.3. The van der Waals surface area contributed by atoms with E-state index < -0.39 is 16.5 Å². The molecular weight excluding hydrogens is 613 g/mol. The third kappa shape index (κ3) is 4.49. The van der Waals surface area contributed by atoms with Gasteiger partial charge in [0.15, 0.2) is 6.23 Å². The van der Waals surface area contributed by atoms with E-state index in [4.69, 9.17) is 4.74 Å². The van der Waals surface area contributed by atoms with E-state index in [0.717, 1.165) is 0 Å². The molecule has 0 N–H and O–H groups in total. The molecule has 1 amide bonds. The minimum atomic E-state index is -1.11. The minimum Gasteiger partial charge on any atom is -0.437 e. The molecule has 0 radical (unpaired) electrons. The maximum atomic E-state index is 11.6.